The molecule has 70 valence electrons. The van der Waals surface area contributed by atoms with Gasteiger partial charge in [0.15, 0.2) is 0 Å². The summed E-state index contributed by atoms with van der Waals surface area (Å²) in [4.78, 5) is 9.95. The van der Waals surface area contributed by atoms with E-state index in [0.717, 1.165) is 0 Å². The van der Waals surface area contributed by atoms with Crippen molar-refractivity contribution in [1.29, 1.82) is 0 Å². The van der Waals surface area contributed by atoms with E-state index in [1.807, 2.05) is 0 Å². The second-order valence-corrected chi connectivity index (χ2v) is 3.88. The molecule has 0 N–H and O–H groups in total. The summed E-state index contributed by atoms with van der Waals surface area (Å²) in [6, 6.07) is 1.17. The summed E-state index contributed by atoms with van der Waals surface area (Å²) >= 11 is 5.88. The zero-order chi connectivity index (χ0) is 10.2. The molecule has 0 aromatic carbocycles. The van der Waals surface area contributed by atoms with Crippen molar-refractivity contribution in [3.05, 3.63) is 36.2 Å². The van der Waals surface area contributed by atoms with Gasteiger partial charge in [0.25, 0.3) is 14.9 Å². The van der Waals surface area contributed by atoms with Crippen LogP contribution in [0, 0.1) is 22.2 Å². The van der Waals surface area contributed by atoms with Crippen LogP contribution in [0.15, 0.2) is 15.3 Å². The molecule has 13 heavy (non-hydrogen) atoms. The van der Waals surface area contributed by atoms with Gasteiger partial charge >= 0.3 is 0 Å². The molecule has 0 saturated heterocycles. The first kappa shape index (κ1) is 10.4. The van der Waals surface area contributed by atoms with Gasteiger partial charge in [-0.05, 0) is 6.92 Å². The van der Waals surface area contributed by atoms with Crippen molar-refractivity contribution < 1.29 is 9.65 Å². The van der Waals surface area contributed by atoms with Crippen molar-refractivity contribution in [1.82, 2.24) is 0 Å². The van der Waals surface area contributed by atoms with Gasteiger partial charge in [0, 0.05) is 31.9 Å². The molecule has 0 atom stereocenters. The zero-order valence-corrected chi connectivity index (χ0v) is 9.62. The molecule has 1 aromatic rings. The Kier molecular flexibility index (Phi) is 2.87. The fourth-order valence-electron chi connectivity index (χ4n) is 0.821. The summed E-state index contributed by atoms with van der Waals surface area (Å²) in [6.07, 6.45) is 0. The van der Waals surface area contributed by atoms with E-state index in [2.05, 4.69) is 31.9 Å². The summed E-state index contributed by atoms with van der Waals surface area (Å²) in [6.45, 7) is 1.50. The smallest absolute Gasteiger partial charge is 0.286 e. The third-order valence-corrected chi connectivity index (χ3v) is 2.99. The van der Waals surface area contributed by atoms with Gasteiger partial charge in [-0.1, -0.05) is 0 Å². The lowest BCUT2D eigenvalue weighted by atomic mass is 10.3. The Morgan fingerprint density at radius 2 is 2.08 bits per heavy atom. The first-order chi connectivity index (χ1) is 5.95. The lowest BCUT2D eigenvalue weighted by Crippen LogP contribution is -2.30. The van der Waals surface area contributed by atoms with Gasteiger partial charge in [0.05, 0.1) is 11.0 Å². The third kappa shape index (κ3) is 1.80. The highest BCUT2D eigenvalue weighted by Gasteiger charge is 2.22. The Labute approximate surface area is 90.4 Å². The summed E-state index contributed by atoms with van der Waals surface area (Å²) in [5.41, 5.74) is 0.217. The van der Waals surface area contributed by atoms with E-state index in [4.69, 9.17) is 0 Å². The molecule has 0 saturated carbocycles. The summed E-state index contributed by atoms with van der Waals surface area (Å²) < 4.78 is 0.785. The standard InChI is InChI=1S/C6H4Br2N2O3/c1-3-4(10(12)13)2-5(7)9(11)6(3)8/h2H,1H3. The van der Waals surface area contributed by atoms with E-state index >= 15 is 0 Å². The second kappa shape index (κ2) is 3.59. The first-order valence-corrected chi connectivity index (χ1v) is 4.76. The minimum atomic E-state index is -0.537. The van der Waals surface area contributed by atoms with Crippen LogP contribution in [-0.2, 0) is 0 Å². The van der Waals surface area contributed by atoms with Crippen LogP contribution in [0.25, 0.3) is 0 Å². The molecule has 0 aliphatic heterocycles. The van der Waals surface area contributed by atoms with Gasteiger partial charge in [0.2, 0.25) is 0 Å². The molecule has 0 fully saturated rings. The van der Waals surface area contributed by atoms with Crippen molar-refractivity contribution in [2.75, 3.05) is 0 Å². The predicted octanol–water partition coefficient (Wildman–Crippen LogP) is 2.06. The van der Waals surface area contributed by atoms with Crippen LogP contribution < -0.4 is 4.73 Å². The molecule has 1 rings (SSSR count). The normalized spacial score (nSPS) is 10.1. The lowest BCUT2D eigenvalue weighted by Gasteiger charge is -2.03. The second-order valence-electron chi connectivity index (χ2n) is 2.32. The number of aromatic nitrogens is 1. The van der Waals surface area contributed by atoms with Crippen LogP contribution in [0.5, 0.6) is 0 Å². The van der Waals surface area contributed by atoms with E-state index in [1.54, 1.807) is 0 Å². The van der Waals surface area contributed by atoms with E-state index < -0.39 is 4.92 Å². The Hall–Kier alpha value is -0.690. The average molecular weight is 312 g/mol. The SMILES string of the molecule is Cc1c([N+](=O)[O-])cc(Br)[n+]([O-])c1Br. The number of nitrogens with zero attached hydrogens (tertiary/aromatic N) is 2. The van der Waals surface area contributed by atoms with Gasteiger partial charge in [-0.2, -0.15) is 4.73 Å². The van der Waals surface area contributed by atoms with Crippen molar-refractivity contribution in [2.24, 2.45) is 0 Å². The third-order valence-electron chi connectivity index (χ3n) is 1.52. The largest absolute Gasteiger partial charge is 0.617 e. The Morgan fingerprint density at radius 1 is 1.54 bits per heavy atom. The monoisotopic (exact) mass is 310 g/mol. The minimum absolute atomic E-state index is 0.0918. The van der Waals surface area contributed by atoms with E-state index in [0.29, 0.717) is 10.3 Å². The molecule has 0 aliphatic rings. The molecule has 0 unspecified atom stereocenters. The van der Waals surface area contributed by atoms with Crippen LogP contribution >= 0.6 is 31.9 Å². The molecule has 1 heterocycles. The highest BCUT2D eigenvalue weighted by Crippen LogP contribution is 2.25. The Morgan fingerprint density at radius 3 is 2.54 bits per heavy atom. The molecular weight excluding hydrogens is 308 g/mol. The molecule has 0 amide bonds. The van der Waals surface area contributed by atoms with Gasteiger partial charge in [-0.3, -0.25) is 10.1 Å². The van der Waals surface area contributed by atoms with Crippen molar-refractivity contribution >= 4 is 37.5 Å². The van der Waals surface area contributed by atoms with Crippen LogP contribution in [-0.4, -0.2) is 4.92 Å². The Bertz CT molecular complexity index is 381. The fraction of sp³-hybridized carbons (Fsp3) is 0.167. The van der Waals surface area contributed by atoms with Crippen molar-refractivity contribution in [3.63, 3.8) is 0 Å². The minimum Gasteiger partial charge on any atom is -0.617 e. The fourth-order valence-corrected chi connectivity index (χ4v) is 1.85. The number of nitro groups is 1. The molecular formula is C6H4Br2N2O3. The predicted molar refractivity (Wildman–Crippen MR) is 52.2 cm³/mol. The number of pyridine rings is 1. The maximum Gasteiger partial charge on any atom is 0.286 e. The zero-order valence-electron chi connectivity index (χ0n) is 6.45. The molecule has 5 nitrogen and oxygen atoms in total. The van der Waals surface area contributed by atoms with Crippen LogP contribution in [0.2, 0.25) is 0 Å². The summed E-state index contributed by atoms with van der Waals surface area (Å²) in [7, 11) is 0. The molecule has 0 radical (unpaired) electrons. The number of hydrogen-bond donors (Lipinski definition) is 0. The van der Waals surface area contributed by atoms with Crippen LogP contribution in [0.1, 0.15) is 5.56 Å². The van der Waals surface area contributed by atoms with Gasteiger partial charge in [0.1, 0.15) is 5.56 Å². The number of halogens is 2. The first-order valence-electron chi connectivity index (χ1n) is 3.17. The highest BCUT2D eigenvalue weighted by atomic mass is 79.9. The molecule has 1 aromatic heterocycles. The number of hydrogen-bond acceptors (Lipinski definition) is 3. The lowest BCUT2D eigenvalue weighted by molar-refractivity contribution is -0.630. The van der Waals surface area contributed by atoms with Crippen LogP contribution in [0.3, 0.4) is 0 Å². The molecule has 0 spiro atoms. The maximum atomic E-state index is 11.2. The summed E-state index contributed by atoms with van der Waals surface area (Å²) in [5.74, 6) is 0. The van der Waals surface area contributed by atoms with Gasteiger partial charge < -0.3 is 5.21 Å². The highest BCUT2D eigenvalue weighted by molar-refractivity contribution is 9.11. The average Bonchev–Trinajstić information content (AvgIpc) is 2.07. The van der Waals surface area contributed by atoms with E-state index in [-0.39, 0.29) is 14.9 Å². The summed E-state index contributed by atoms with van der Waals surface area (Å²) in [5, 5.41) is 21.7. The Balaban J connectivity index is 3.50. The topological polar surface area (TPSA) is 70.1 Å². The quantitative estimate of drug-likeness (QED) is 0.262. The van der Waals surface area contributed by atoms with Crippen molar-refractivity contribution in [3.8, 4) is 0 Å². The van der Waals surface area contributed by atoms with E-state index in [9.17, 15) is 15.3 Å². The van der Waals surface area contributed by atoms with Crippen LogP contribution in [0.4, 0.5) is 5.69 Å². The maximum absolute atomic E-state index is 11.2. The molecule has 0 bridgehead atoms. The van der Waals surface area contributed by atoms with Gasteiger partial charge in [-0.25, -0.2) is 0 Å². The van der Waals surface area contributed by atoms with Crippen molar-refractivity contribution in [2.45, 2.75) is 6.92 Å². The molecule has 0 aliphatic carbocycles. The molecule has 7 heteroatoms. The van der Waals surface area contributed by atoms with Gasteiger partial charge in [-0.15, -0.1) is 0 Å². The number of rotatable bonds is 1. The van der Waals surface area contributed by atoms with E-state index in [1.165, 1.54) is 13.0 Å².